The van der Waals surface area contributed by atoms with Gasteiger partial charge in [-0.15, -0.1) is 0 Å². The standard InChI is InChI=1S/C12H18N2O4/c1-8(2)14(6-4-5-10(15)16)12(17)11-9(3)7-13-18-11/h7-8H,4-6H2,1-3H3,(H,15,16). The molecule has 0 radical (unpaired) electrons. The molecule has 1 N–H and O–H groups in total. The van der Waals surface area contributed by atoms with Crippen molar-refractivity contribution in [1.82, 2.24) is 10.1 Å². The largest absolute Gasteiger partial charge is 0.481 e. The second-order valence-corrected chi connectivity index (χ2v) is 4.43. The third-order valence-corrected chi connectivity index (χ3v) is 2.62. The Morgan fingerprint density at radius 3 is 2.61 bits per heavy atom. The van der Waals surface area contributed by atoms with Gasteiger partial charge in [0.1, 0.15) is 0 Å². The smallest absolute Gasteiger partial charge is 0.303 e. The number of aryl methyl sites for hydroxylation is 1. The van der Waals surface area contributed by atoms with Gasteiger partial charge >= 0.3 is 5.97 Å². The zero-order chi connectivity index (χ0) is 13.7. The molecule has 1 aromatic heterocycles. The molecule has 1 amide bonds. The molecule has 18 heavy (non-hydrogen) atoms. The molecule has 0 unspecified atom stereocenters. The molecule has 0 aromatic carbocycles. The second-order valence-electron chi connectivity index (χ2n) is 4.43. The topological polar surface area (TPSA) is 83.6 Å². The SMILES string of the molecule is Cc1cnoc1C(=O)N(CCCC(=O)O)C(C)C. The number of amides is 1. The number of carboxylic acids is 1. The Bertz CT molecular complexity index is 425. The van der Waals surface area contributed by atoms with Crippen LogP contribution in [0.5, 0.6) is 0 Å². The molecular weight excluding hydrogens is 236 g/mol. The van der Waals surface area contributed by atoms with E-state index in [1.807, 2.05) is 13.8 Å². The molecule has 0 atom stereocenters. The number of carbonyl (C=O) groups is 2. The third kappa shape index (κ3) is 3.58. The highest BCUT2D eigenvalue weighted by Gasteiger charge is 2.23. The van der Waals surface area contributed by atoms with Gasteiger partial charge in [0.05, 0.1) is 6.20 Å². The number of rotatable bonds is 6. The van der Waals surface area contributed by atoms with E-state index in [0.29, 0.717) is 18.5 Å². The minimum Gasteiger partial charge on any atom is -0.481 e. The molecule has 0 aliphatic rings. The first-order valence-corrected chi connectivity index (χ1v) is 5.87. The Morgan fingerprint density at radius 2 is 2.17 bits per heavy atom. The maximum Gasteiger partial charge on any atom is 0.303 e. The Morgan fingerprint density at radius 1 is 1.50 bits per heavy atom. The van der Waals surface area contributed by atoms with Crippen LogP contribution >= 0.6 is 0 Å². The monoisotopic (exact) mass is 254 g/mol. The van der Waals surface area contributed by atoms with Crippen LogP contribution in [-0.2, 0) is 4.79 Å². The minimum absolute atomic E-state index is 0.0178. The summed E-state index contributed by atoms with van der Waals surface area (Å²) in [5.41, 5.74) is 0.684. The first kappa shape index (κ1) is 14.2. The molecule has 0 aliphatic carbocycles. The predicted molar refractivity (Wildman–Crippen MR) is 64.3 cm³/mol. The van der Waals surface area contributed by atoms with E-state index in [0.717, 1.165) is 0 Å². The Kier molecular flexibility index (Phi) is 4.88. The number of hydrogen-bond donors (Lipinski definition) is 1. The van der Waals surface area contributed by atoms with Gasteiger partial charge in [0, 0.05) is 24.6 Å². The Labute approximate surface area is 106 Å². The molecule has 100 valence electrons. The molecule has 1 heterocycles. The van der Waals surface area contributed by atoms with Crippen molar-refractivity contribution in [3.63, 3.8) is 0 Å². The van der Waals surface area contributed by atoms with Crippen molar-refractivity contribution in [3.8, 4) is 0 Å². The van der Waals surface area contributed by atoms with Crippen LogP contribution in [0.25, 0.3) is 0 Å². The van der Waals surface area contributed by atoms with Crippen molar-refractivity contribution in [2.75, 3.05) is 6.54 Å². The van der Waals surface area contributed by atoms with Gasteiger partial charge in [0.2, 0.25) is 5.76 Å². The van der Waals surface area contributed by atoms with Crippen molar-refractivity contribution < 1.29 is 19.2 Å². The Balaban J connectivity index is 2.70. The van der Waals surface area contributed by atoms with E-state index in [1.54, 1.807) is 11.8 Å². The van der Waals surface area contributed by atoms with Crippen LogP contribution in [0, 0.1) is 6.92 Å². The molecule has 1 rings (SSSR count). The second kappa shape index (κ2) is 6.18. The van der Waals surface area contributed by atoms with Crippen LogP contribution in [0.2, 0.25) is 0 Å². The van der Waals surface area contributed by atoms with Gasteiger partial charge in [-0.3, -0.25) is 9.59 Å². The van der Waals surface area contributed by atoms with Gasteiger partial charge in [0.25, 0.3) is 5.91 Å². The number of hydrogen-bond acceptors (Lipinski definition) is 4. The van der Waals surface area contributed by atoms with E-state index >= 15 is 0 Å². The van der Waals surface area contributed by atoms with E-state index in [-0.39, 0.29) is 24.1 Å². The van der Waals surface area contributed by atoms with Crippen LogP contribution in [0.1, 0.15) is 42.8 Å². The summed E-state index contributed by atoms with van der Waals surface area (Å²) < 4.78 is 4.93. The van der Waals surface area contributed by atoms with Crippen molar-refractivity contribution >= 4 is 11.9 Å². The van der Waals surface area contributed by atoms with Gasteiger partial charge in [-0.2, -0.15) is 0 Å². The Hall–Kier alpha value is -1.85. The van der Waals surface area contributed by atoms with Crippen LogP contribution in [0.4, 0.5) is 0 Å². The van der Waals surface area contributed by atoms with Crippen LogP contribution in [-0.4, -0.2) is 39.6 Å². The van der Waals surface area contributed by atoms with E-state index in [2.05, 4.69) is 5.16 Å². The van der Waals surface area contributed by atoms with E-state index in [4.69, 9.17) is 9.63 Å². The fourth-order valence-corrected chi connectivity index (χ4v) is 1.62. The van der Waals surface area contributed by atoms with Crippen molar-refractivity contribution in [2.45, 2.75) is 39.7 Å². The quantitative estimate of drug-likeness (QED) is 0.835. The summed E-state index contributed by atoms with van der Waals surface area (Å²) in [7, 11) is 0. The molecule has 0 saturated carbocycles. The summed E-state index contributed by atoms with van der Waals surface area (Å²) in [6.07, 6.45) is 1.96. The molecule has 0 bridgehead atoms. The van der Waals surface area contributed by atoms with Gasteiger partial charge in [0.15, 0.2) is 0 Å². The fourth-order valence-electron chi connectivity index (χ4n) is 1.62. The first-order chi connectivity index (χ1) is 8.43. The number of aliphatic carboxylic acids is 1. The van der Waals surface area contributed by atoms with Crippen LogP contribution in [0.3, 0.4) is 0 Å². The average molecular weight is 254 g/mol. The highest BCUT2D eigenvalue weighted by molar-refractivity contribution is 5.92. The molecule has 0 spiro atoms. The number of carboxylic acid groups (broad SMARTS) is 1. The van der Waals surface area contributed by atoms with Crippen LogP contribution in [0.15, 0.2) is 10.7 Å². The summed E-state index contributed by atoms with van der Waals surface area (Å²) in [5, 5.41) is 12.2. The fraction of sp³-hybridized carbons (Fsp3) is 0.583. The third-order valence-electron chi connectivity index (χ3n) is 2.62. The molecule has 6 heteroatoms. The lowest BCUT2D eigenvalue weighted by atomic mass is 10.2. The first-order valence-electron chi connectivity index (χ1n) is 5.87. The normalized spacial score (nSPS) is 10.7. The maximum atomic E-state index is 12.2. The van der Waals surface area contributed by atoms with Gasteiger partial charge in [-0.25, -0.2) is 0 Å². The number of nitrogens with zero attached hydrogens (tertiary/aromatic N) is 2. The van der Waals surface area contributed by atoms with E-state index < -0.39 is 5.97 Å². The summed E-state index contributed by atoms with van der Waals surface area (Å²) in [6, 6.07) is -0.0178. The zero-order valence-electron chi connectivity index (χ0n) is 10.8. The number of carbonyl (C=O) groups excluding carboxylic acids is 1. The maximum absolute atomic E-state index is 12.2. The summed E-state index contributed by atoms with van der Waals surface area (Å²) in [6.45, 7) is 5.90. The molecule has 1 aromatic rings. The van der Waals surface area contributed by atoms with Gasteiger partial charge < -0.3 is 14.5 Å². The zero-order valence-corrected chi connectivity index (χ0v) is 10.8. The predicted octanol–water partition coefficient (Wildman–Crippen LogP) is 1.70. The van der Waals surface area contributed by atoms with Crippen molar-refractivity contribution in [2.24, 2.45) is 0 Å². The minimum atomic E-state index is -0.859. The van der Waals surface area contributed by atoms with Crippen molar-refractivity contribution in [3.05, 3.63) is 17.5 Å². The lowest BCUT2D eigenvalue weighted by Gasteiger charge is -2.25. The van der Waals surface area contributed by atoms with E-state index in [1.165, 1.54) is 6.20 Å². The number of aromatic nitrogens is 1. The lowest BCUT2D eigenvalue weighted by Crippen LogP contribution is -2.38. The van der Waals surface area contributed by atoms with Crippen molar-refractivity contribution in [1.29, 1.82) is 0 Å². The molecule has 0 fully saturated rings. The molecular formula is C12H18N2O4. The van der Waals surface area contributed by atoms with Crippen LogP contribution < -0.4 is 0 Å². The molecule has 6 nitrogen and oxygen atoms in total. The highest BCUT2D eigenvalue weighted by Crippen LogP contribution is 2.13. The summed E-state index contributed by atoms with van der Waals surface area (Å²) in [4.78, 5) is 24.3. The highest BCUT2D eigenvalue weighted by atomic mass is 16.5. The summed E-state index contributed by atoms with van der Waals surface area (Å²) in [5.74, 6) is -0.883. The van der Waals surface area contributed by atoms with Gasteiger partial charge in [-0.1, -0.05) is 5.16 Å². The van der Waals surface area contributed by atoms with E-state index in [9.17, 15) is 9.59 Å². The molecule has 0 aliphatic heterocycles. The summed E-state index contributed by atoms with van der Waals surface area (Å²) >= 11 is 0. The average Bonchev–Trinajstić information content (AvgIpc) is 2.69. The lowest BCUT2D eigenvalue weighted by molar-refractivity contribution is -0.137. The van der Waals surface area contributed by atoms with Gasteiger partial charge in [-0.05, 0) is 27.2 Å². The molecule has 0 saturated heterocycles.